The predicted molar refractivity (Wildman–Crippen MR) is 91.3 cm³/mol. The van der Waals surface area contributed by atoms with Crippen LogP contribution in [0.2, 0.25) is 0 Å². The van der Waals surface area contributed by atoms with Gasteiger partial charge in [-0.05, 0) is 12.8 Å². The minimum Gasteiger partial charge on any atom is -0.375 e. The first-order valence-electron chi connectivity index (χ1n) is 7.63. The summed E-state index contributed by atoms with van der Waals surface area (Å²) < 4.78 is 0. The van der Waals surface area contributed by atoms with Gasteiger partial charge in [0.2, 0.25) is 5.91 Å². The summed E-state index contributed by atoms with van der Waals surface area (Å²) in [4.78, 5) is 24.1. The molecule has 0 spiro atoms. The monoisotopic (exact) mass is 345 g/mol. The number of hydrogen-bond acceptors (Lipinski definition) is 6. The third-order valence-electron chi connectivity index (χ3n) is 4.23. The molecule has 6 nitrogen and oxygen atoms in total. The number of rotatable bonds is 4. The molecule has 1 aromatic heterocycles. The second kappa shape index (κ2) is 8.10. The van der Waals surface area contributed by atoms with E-state index in [0.29, 0.717) is 17.6 Å². The number of carbonyl (C=O) groups excluding carboxylic acids is 1. The lowest BCUT2D eigenvalue weighted by atomic mass is 10.3. The Bertz CT molecular complexity index is 483. The van der Waals surface area contributed by atoms with E-state index in [1.165, 1.54) is 4.88 Å². The first kappa shape index (κ1) is 17.5. The largest absolute Gasteiger partial charge is 0.375 e. The quantitative estimate of drug-likeness (QED) is 0.877. The molecule has 0 unspecified atom stereocenters. The average Bonchev–Trinajstić information content (AvgIpc) is 3.13. The molecule has 0 atom stereocenters. The third kappa shape index (κ3) is 4.55. The number of carbonyl (C=O) groups is 1. The van der Waals surface area contributed by atoms with Gasteiger partial charge in [-0.2, -0.15) is 0 Å². The Morgan fingerprint density at radius 3 is 2.36 bits per heavy atom. The molecular formula is C14H24ClN5OS. The van der Waals surface area contributed by atoms with E-state index in [4.69, 9.17) is 5.73 Å². The fourth-order valence-electron chi connectivity index (χ4n) is 2.98. The number of nitrogens with two attached hydrogens (primary N) is 1. The Morgan fingerprint density at radius 2 is 1.77 bits per heavy atom. The number of anilines is 1. The highest BCUT2D eigenvalue weighted by Crippen LogP contribution is 2.17. The van der Waals surface area contributed by atoms with Gasteiger partial charge in [0.15, 0.2) is 5.13 Å². The molecule has 0 saturated carbocycles. The van der Waals surface area contributed by atoms with Crippen molar-refractivity contribution >= 4 is 34.8 Å². The number of nitrogens with zero attached hydrogens (tertiary/aromatic N) is 4. The van der Waals surface area contributed by atoms with Crippen molar-refractivity contribution < 1.29 is 4.79 Å². The molecule has 3 rings (SSSR count). The minimum absolute atomic E-state index is 0. The average molecular weight is 346 g/mol. The van der Waals surface area contributed by atoms with Crippen LogP contribution in [-0.2, 0) is 11.3 Å². The van der Waals surface area contributed by atoms with E-state index in [0.717, 1.165) is 58.7 Å². The zero-order chi connectivity index (χ0) is 14.7. The van der Waals surface area contributed by atoms with Gasteiger partial charge in [-0.25, -0.2) is 4.98 Å². The van der Waals surface area contributed by atoms with Gasteiger partial charge < -0.3 is 10.6 Å². The first-order valence-corrected chi connectivity index (χ1v) is 8.45. The van der Waals surface area contributed by atoms with Crippen LogP contribution < -0.4 is 5.73 Å². The molecule has 2 N–H and O–H groups in total. The van der Waals surface area contributed by atoms with E-state index in [9.17, 15) is 4.79 Å². The number of hydrogen-bond donors (Lipinski definition) is 1. The van der Waals surface area contributed by atoms with E-state index in [1.54, 1.807) is 11.3 Å². The highest BCUT2D eigenvalue weighted by atomic mass is 35.5. The minimum atomic E-state index is 0. The molecule has 8 heteroatoms. The maximum atomic E-state index is 12.1. The van der Waals surface area contributed by atoms with Crippen molar-refractivity contribution in [3.05, 3.63) is 11.1 Å². The van der Waals surface area contributed by atoms with E-state index in [2.05, 4.69) is 14.8 Å². The van der Waals surface area contributed by atoms with E-state index >= 15 is 0 Å². The highest BCUT2D eigenvalue weighted by Gasteiger charge is 2.23. The SMILES string of the molecule is Cl.Nc1ncc(CN2CCN(CC(=O)N3CCCC3)CC2)s1. The van der Waals surface area contributed by atoms with Crippen LogP contribution in [0.3, 0.4) is 0 Å². The summed E-state index contributed by atoms with van der Waals surface area (Å²) in [6.07, 6.45) is 4.19. The van der Waals surface area contributed by atoms with Crippen LogP contribution in [0.4, 0.5) is 5.13 Å². The van der Waals surface area contributed by atoms with Crippen molar-refractivity contribution in [3.63, 3.8) is 0 Å². The van der Waals surface area contributed by atoms with E-state index in [1.807, 2.05) is 11.1 Å². The van der Waals surface area contributed by atoms with E-state index in [-0.39, 0.29) is 12.4 Å². The zero-order valence-electron chi connectivity index (χ0n) is 12.7. The number of piperazine rings is 1. The van der Waals surface area contributed by atoms with Gasteiger partial charge in [0.1, 0.15) is 0 Å². The molecule has 0 bridgehead atoms. The van der Waals surface area contributed by atoms with Crippen LogP contribution in [0, 0.1) is 0 Å². The van der Waals surface area contributed by atoms with Crippen molar-refractivity contribution in [2.45, 2.75) is 19.4 Å². The maximum Gasteiger partial charge on any atom is 0.236 e. The van der Waals surface area contributed by atoms with Gasteiger partial charge in [0.05, 0.1) is 6.54 Å². The van der Waals surface area contributed by atoms with Crippen molar-refractivity contribution in [2.75, 3.05) is 51.5 Å². The molecular weight excluding hydrogens is 322 g/mol. The smallest absolute Gasteiger partial charge is 0.236 e. The molecule has 1 aromatic rings. The summed E-state index contributed by atoms with van der Waals surface area (Å²) in [6.45, 7) is 7.35. The molecule has 2 aliphatic rings. The Kier molecular flexibility index (Phi) is 6.43. The summed E-state index contributed by atoms with van der Waals surface area (Å²) in [5.74, 6) is 0.302. The Labute approximate surface area is 141 Å². The number of likely N-dealkylation sites (tertiary alicyclic amines) is 1. The Hall–Kier alpha value is -0.890. The summed E-state index contributed by atoms with van der Waals surface area (Å²) in [6, 6.07) is 0. The third-order valence-corrected chi connectivity index (χ3v) is 5.04. The van der Waals surface area contributed by atoms with E-state index < -0.39 is 0 Å². The van der Waals surface area contributed by atoms with Crippen molar-refractivity contribution in [3.8, 4) is 0 Å². The maximum absolute atomic E-state index is 12.1. The summed E-state index contributed by atoms with van der Waals surface area (Å²) in [5.41, 5.74) is 5.66. The van der Waals surface area contributed by atoms with Crippen molar-refractivity contribution in [1.82, 2.24) is 19.7 Å². The topological polar surface area (TPSA) is 65.7 Å². The molecule has 0 aromatic carbocycles. The summed E-state index contributed by atoms with van der Waals surface area (Å²) in [7, 11) is 0. The van der Waals surface area contributed by atoms with Crippen LogP contribution >= 0.6 is 23.7 Å². The van der Waals surface area contributed by atoms with Crippen molar-refractivity contribution in [2.24, 2.45) is 0 Å². The van der Waals surface area contributed by atoms with Crippen LogP contribution in [0.5, 0.6) is 0 Å². The van der Waals surface area contributed by atoms with Gasteiger partial charge in [-0.1, -0.05) is 0 Å². The molecule has 22 heavy (non-hydrogen) atoms. The van der Waals surface area contributed by atoms with Gasteiger partial charge in [-0.3, -0.25) is 14.6 Å². The van der Waals surface area contributed by atoms with Gasteiger partial charge in [-0.15, -0.1) is 23.7 Å². The predicted octanol–water partition coefficient (Wildman–Crippen LogP) is 0.887. The number of halogens is 1. The lowest BCUT2D eigenvalue weighted by Gasteiger charge is -2.34. The Balaban J connectivity index is 0.00000176. The van der Waals surface area contributed by atoms with Gasteiger partial charge >= 0.3 is 0 Å². The second-order valence-corrected chi connectivity index (χ2v) is 6.95. The normalized spacial score (nSPS) is 20.1. The van der Waals surface area contributed by atoms with Crippen LogP contribution in [0.1, 0.15) is 17.7 Å². The lowest BCUT2D eigenvalue weighted by Crippen LogP contribution is -2.49. The number of thiazole rings is 1. The molecule has 0 radical (unpaired) electrons. The van der Waals surface area contributed by atoms with Gasteiger partial charge in [0, 0.05) is 56.9 Å². The number of nitrogen functional groups attached to an aromatic ring is 1. The molecule has 0 aliphatic carbocycles. The lowest BCUT2D eigenvalue weighted by molar-refractivity contribution is -0.131. The fourth-order valence-corrected chi connectivity index (χ4v) is 3.71. The van der Waals surface area contributed by atoms with Gasteiger partial charge in [0.25, 0.3) is 0 Å². The molecule has 124 valence electrons. The van der Waals surface area contributed by atoms with Crippen molar-refractivity contribution in [1.29, 1.82) is 0 Å². The molecule has 2 fully saturated rings. The molecule has 1 amide bonds. The standard InChI is InChI=1S/C14H23N5OS.ClH/c15-14-16-9-12(21-14)10-17-5-7-18(8-6-17)11-13(20)19-3-1-2-4-19;/h9H,1-8,10-11H2,(H2,15,16);1H. The number of amides is 1. The van der Waals surface area contributed by atoms with Crippen LogP contribution in [-0.4, -0.2) is 71.4 Å². The summed E-state index contributed by atoms with van der Waals surface area (Å²) >= 11 is 1.56. The number of aromatic nitrogens is 1. The second-order valence-electron chi connectivity index (χ2n) is 5.81. The fraction of sp³-hybridized carbons (Fsp3) is 0.714. The summed E-state index contributed by atoms with van der Waals surface area (Å²) in [5, 5.41) is 0.639. The molecule has 2 aliphatic heterocycles. The first-order chi connectivity index (χ1) is 10.2. The zero-order valence-corrected chi connectivity index (χ0v) is 14.4. The Morgan fingerprint density at radius 1 is 1.14 bits per heavy atom. The van der Waals surface area contributed by atoms with Crippen LogP contribution in [0.15, 0.2) is 6.20 Å². The molecule has 2 saturated heterocycles. The highest BCUT2D eigenvalue weighted by molar-refractivity contribution is 7.15. The van der Waals surface area contributed by atoms with Crippen LogP contribution in [0.25, 0.3) is 0 Å². The molecule has 3 heterocycles.